The molecule has 4 rings (SSSR count). The normalized spacial score (nSPS) is 14.8. The molecule has 5 nitrogen and oxygen atoms in total. The molecule has 2 aromatic carbocycles. The molecule has 1 atom stereocenters. The third-order valence-electron chi connectivity index (χ3n) is 5.28. The molecule has 1 N–H and O–H groups in total. The number of aryl methyl sites for hydroxylation is 1. The highest BCUT2D eigenvalue weighted by atomic mass is 32.2. The fourth-order valence-electron chi connectivity index (χ4n) is 3.67. The van der Waals surface area contributed by atoms with Crippen LogP contribution in [-0.2, 0) is 17.8 Å². The van der Waals surface area contributed by atoms with Crippen molar-refractivity contribution in [1.29, 1.82) is 0 Å². The molecule has 6 heteroatoms. The van der Waals surface area contributed by atoms with Crippen molar-refractivity contribution >= 4 is 17.7 Å². The van der Waals surface area contributed by atoms with Gasteiger partial charge in [-0.15, -0.1) is 10.2 Å². The Kier molecular flexibility index (Phi) is 6.30. The smallest absolute Gasteiger partial charge is 0.234 e. The van der Waals surface area contributed by atoms with E-state index >= 15 is 0 Å². The summed E-state index contributed by atoms with van der Waals surface area (Å²) < 4.78 is 2.19. The molecule has 1 aliphatic rings. The third kappa shape index (κ3) is 4.70. The molecule has 0 saturated heterocycles. The Hall–Kier alpha value is -2.60. The van der Waals surface area contributed by atoms with Crippen molar-refractivity contribution in [3.63, 3.8) is 0 Å². The highest BCUT2D eigenvalue weighted by molar-refractivity contribution is 8.00. The maximum atomic E-state index is 13.1. The van der Waals surface area contributed by atoms with Gasteiger partial charge >= 0.3 is 0 Å². The summed E-state index contributed by atoms with van der Waals surface area (Å²) in [5.74, 6) is 1.04. The van der Waals surface area contributed by atoms with E-state index in [1.807, 2.05) is 67.6 Å². The molecule has 2 heterocycles. The van der Waals surface area contributed by atoms with Gasteiger partial charge in [0, 0.05) is 13.0 Å². The number of thioether (sulfide) groups is 1. The third-order valence-corrected chi connectivity index (χ3v) is 6.36. The topological polar surface area (TPSA) is 59.8 Å². The predicted molar refractivity (Wildman–Crippen MR) is 116 cm³/mol. The van der Waals surface area contributed by atoms with Crippen molar-refractivity contribution in [1.82, 2.24) is 20.1 Å². The van der Waals surface area contributed by atoms with Gasteiger partial charge in [-0.25, -0.2) is 0 Å². The summed E-state index contributed by atoms with van der Waals surface area (Å²) >= 11 is 1.49. The molecule has 0 unspecified atom stereocenters. The molecule has 1 amide bonds. The zero-order valence-electron chi connectivity index (χ0n) is 16.6. The van der Waals surface area contributed by atoms with Gasteiger partial charge in [-0.05, 0) is 30.9 Å². The Labute approximate surface area is 175 Å². The molecule has 1 aliphatic heterocycles. The molecule has 0 aliphatic carbocycles. The van der Waals surface area contributed by atoms with Crippen LogP contribution in [-0.4, -0.2) is 25.9 Å². The average molecular weight is 407 g/mol. The number of nitrogens with one attached hydrogen (secondary N) is 1. The quantitative estimate of drug-likeness (QED) is 0.617. The van der Waals surface area contributed by atoms with Crippen molar-refractivity contribution in [3.8, 4) is 0 Å². The van der Waals surface area contributed by atoms with Crippen molar-refractivity contribution in [2.75, 3.05) is 0 Å². The zero-order chi connectivity index (χ0) is 20.1. The van der Waals surface area contributed by atoms with Crippen LogP contribution >= 0.6 is 11.8 Å². The minimum absolute atomic E-state index is 0.00122. The van der Waals surface area contributed by atoms with Crippen molar-refractivity contribution in [2.45, 2.75) is 55.6 Å². The van der Waals surface area contributed by atoms with Gasteiger partial charge in [-0.2, -0.15) is 0 Å². The van der Waals surface area contributed by atoms with E-state index in [9.17, 15) is 4.79 Å². The highest BCUT2D eigenvalue weighted by Crippen LogP contribution is 2.27. The molecular formula is C23H26N4OS. The SMILES string of the molecule is C[C@@H](Sc1nnc2n1CCCCC2)C(=O)NC(c1ccccc1)c1ccccc1. The van der Waals surface area contributed by atoms with Gasteiger partial charge in [0.2, 0.25) is 5.91 Å². The maximum Gasteiger partial charge on any atom is 0.234 e. The van der Waals surface area contributed by atoms with E-state index in [1.165, 1.54) is 18.2 Å². The lowest BCUT2D eigenvalue weighted by Gasteiger charge is -2.22. The number of amides is 1. The van der Waals surface area contributed by atoms with Gasteiger partial charge in [0.15, 0.2) is 5.16 Å². The van der Waals surface area contributed by atoms with Crippen LogP contribution in [0.1, 0.15) is 49.2 Å². The summed E-state index contributed by atoms with van der Waals surface area (Å²) in [6.07, 6.45) is 4.50. The Bertz CT molecular complexity index is 903. The standard InChI is InChI=1S/C23H26N4OS/c1-17(29-23-26-25-20-15-9-4-10-16-27(20)23)22(28)24-21(18-11-5-2-6-12-18)19-13-7-3-8-14-19/h2-3,5-8,11-14,17,21H,4,9-10,15-16H2,1H3,(H,24,28)/t17-/m1/s1. The van der Waals surface area contributed by atoms with Crippen LogP contribution in [0.5, 0.6) is 0 Å². The molecule has 29 heavy (non-hydrogen) atoms. The second-order valence-corrected chi connectivity index (χ2v) is 8.69. The summed E-state index contributed by atoms with van der Waals surface area (Å²) in [5.41, 5.74) is 2.14. The minimum atomic E-state index is -0.263. The molecule has 3 aromatic rings. The maximum absolute atomic E-state index is 13.1. The average Bonchev–Trinajstić information content (AvgIpc) is 2.98. The molecule has 1 aromatic heterocycles. The van der Waals surface area contributed by atoms with Crippen LogP contribution in [0.25, 0.3) is 0 Å². The molecule has 0 spiro atoms. The predicted octanol–water partition coefficient (Wildman–Crippen LogP) is 4.39. The largest absolute Gasteiger partial charge is 0.344 e. The summed E-state index contributed by atoms with van der Waals surface area (Å²) in [6, 6.07) is 20.0. The number of carbonyl (C=O) groups is 1. The molecule has 0 saturated carbocycles. The Morgan fingerprint density at radius 3 is 2.28 bits per heavy atom. The first-order chi connectivity index (χ1) is 14.2. The number of nitrogens with zero attached hydrogens (tertiary/aromatic N) is 3. The first-order valence-electron chi connectivity index (χ1n) is 10.2. The van der Waals surface area contributed by atoms with E-state index in [0.717, 1.165) is 47.9 Å². The first-order valence-corrected chi connectivity index (χ1v) is 11.1. The lowest BCUT2D eigenvalue weighted by atomic mass is 9.98. The lowest BCUT2D eigenvalue weighted by Crippen LogP contribution is -2.35. The summed E-state index contributed by atoms with van der Waals surface area (Å²) in [5, 5.41) is 12.5. The van der Waals surface area contributed by atoms with E-state index in [1.54, 1.807) is 0 Å². The van der Waals surface area contributed by atoms with Gasteiger partial charge in [-0.3, -0.25) is 4.79 Å². The number of fused-ring (bicyclic) bond motifs is 1. The fourth-order valence-corrected chi connectivity index (χ4v) is 4.57. The lowest BCUT2D eigenvalue weighted by molar-refractivity contribution is -0.120. The van der Waals surface area contributed by atoms with Crippen LogP contribution in [0.15, 0.2) is 65.8 Å². The number of benzene rings is 2. The summed E-state index contributed by atoms with van der Waals surface area (Å²) in [6.45, 7) is 2.88. The number of aromatic nitrogens is 3. The van der Waals surface area contributed by atoms with Crippen LogP contribution in [0.2, 0.25) is 0 Å². The van der Waals surface area contributed by atoms with E-state index in [0.29, 0.717) is 0 Å². The van der Waals surface area contributed by atoms with Gasteiger partial charge < -0.3 is 9.88 Å². The van der Waals surface area contributed by atoms with Crippen LogP contribution in [0.4, 0.5) is 0 Å². The highest BCUT2D eigenvalue weighted by Gasteiger charge is 2.24. The number of rotatable bonds is 6. The Morgan fingerprint density at radius 1 is 0.966 bits per heavy atom. The Morgan fingerprint density at radius 2 is 1.62 bits per heavy atom. The van der Waals surface area contributed by atoms with Crippen LogP contribution in [0.3, 0.4) is 0 Å². The van der Waals surface area contributed by atoms with Crippen molar-refractivity contribution < 1.29 is 4.79 Å². The van der Waals surface area contributed by atoms with Crippen molar-refractivity contribution in [2.24, 2.45) is 0 Å². The zero-order valence-corrected chi connectivity index (χ0v) is 17.4. The summed E-state index contributed by atoms with van der Waals surface area (Å²) in [7, 11) is 0. The van der Waals surface area contributed by atoms with Crippen LogP contribution in [0, 0.1) is 0 Å². The second kappa shape index (κ2) is 9.27. The van der Waals surface area contributed by atoms with Gasteiger partial charge in [0.25, 0.3) is 0 Å². The number of hydrogen-bond donors (Lipinski definition) is 1. The van der Waals surface area contributed by atoms with Crippen LogP contribution < -0.4 is 5.32 Å². The molecule has 150 valence electrons. The Balaban J connectivity index is 1.50. The van der Waals surface area contributed by atoms with Crippen molar-refractivity contribution in [3.05, 3.63) is 77.6 Å². The number of carbonyl (C=O) groups excluding carboxylic acids is 1. The van der Waals surface area contributed by atoms with Gasteiger partial charge in [0.1, 0.15) is 5.82 Å². The fraction of sp³-hybridized carbons (Fsp3) is 0.348. The van der Waals surface area contributed by atoms with Gasteiger partial charge in [-0.1, -0.05) is 78.8 Å². The van der Waals surface area contributed by atoms with E-state index < -0.39 is 0 Å². The summed E-state index contributed by atoms with van der Waals surface area (Å²) in [4.78, 5) is 13.1. The van der Waals surface area contributed by atoms with E-state index in [4.69, 9.17) is 0 Å². The van der Waals surface area contributed by atoms with E-state index in [-0.39, 0.29) is 17.2 Å². The minimum Gasteiger partial charge on any atom is -0.344 e. The monoisotopic (exact) mass is 406 g/mol. The van der Waals surface area contributed by atoms with E-state index in [2.05, 4.69) is 20.1 Å². The first kappa shape index (κ1) is 19.7. The van der Waals surface area contributed by atoms with Gasteiger partial charge in [0.05, 0.1) is 11.3 Å². The number of hydrogen-bond acceptors (Lipinski definition) is 4. The molecular weight excluding hydrogens is 380 g/mol. The second-order valence-electron chi connectivity index (χ2n) is 7.38. The molecule has 0 radical (unpaired) electrons. The molecule has 0 bridgehead atoms. The molecule has 0 fully saturated rings.